The molecule has 0 bridgehead atoms. The maximum atomic E-state index is 4.72. The van der Waals surface area contributed by atoms with Gasteiger partial charge >= 0.3 is 0 Å². The third-order valence-electron chi connectivity index (χ3n) is 7.67. The molecule has 0 atom stereocenters. The Morgan fingerprint density at radius 1 is 0.679 bits per heavy atom. The van der Waals surface area contributed by atoms with Gasteiger partial charge in [-0.15, -0.1) is 0 Å². The molecule has 2 saturated carbocycles. The summed E-state index contributed by atoms with van der Waals surface area (Å²) in [6.07, 6.45) is 26.6. The summed E-state index contributed by atoms with van der Waals surface area (Å²) < 4.78 is 0. The van der Waals surface area contributed by atoms with Crippen LogP contribution in [0.5, 0.6) is 0 Å². The highest BCUT2D eigenvalue weighted by Crippen LogP contribution is 2.39. The molecule has 2 aliphatic carbocycles. The van der Waals surface area contributed by atoms with Crippen molar-refractivity contribution in [2.24, 2.45) is 17.8 Å². The van der Waals surface area contributed by atoms with Crippen molar-refractivity contribution >= 4 is 0 Å². The van der Waals surface area contributed by atoms with Gasteiger partial charge in [0.1, 0.15) is 5.82 Å². The maximum Gasteiger partial charge on any atom is 0.131 e. The molecule has 0 saturated heterocycles. The Hall–Kier alpha value is -0.920. The molecular weight excluding hydrogens is 340 g/mol. The standard InChI is InChI=1S/C26H44N2/c1-3-5-7-21-9-11-22(12-10-21)13-14-23-15-17-25(18-16-23)26-27-19-24(20-28-26)8-6-4-2/h19-23,25H,3-18H2,1-2H3/t21-,22-,23?,25?. The molecule has 0 aromatic carbocycles. The molecule has 0 aliphatic heterocycles. The van der Waals surface area contributed by atoms with E-state index < -0.39 is 0 Å². The van der Waals surface area contributed by atoms with Crippen LogP contribution in [0.1, 0.15) is 127 Å². The number of rotatable bonds is 10. The van der Waals surface area contributed by atoms with Gasteiger partial charge in [-0.05, 0) is 61.8 Å². The summed E-state index contributed by atoms with van der Waals surface area (Å²) in [5.74, 6) is 4.79. The summed E-state index contributed by atoms with van der Waals surface area (Å²) in [6, 6.07) is 0. The zero-order valence-electron chi connectivity index (χ0n) is 18.7. The lowest BCUT2D eigenvalue weighted by Gasteiger charge is -2.31. The van der Waals surface area contributed by atoms with E-state index in [1.807, 2.05) is 0 Å². The van der Waals surface area contributed by atoms with E-state index in [9.17, 15) is 0 Å². The molecule has 0 unspecified atom stereocenters. The van der Waals surface area contributed by atoms with E-state index in [-0.39, 0.29) is 0 Å². The SMILES string of the molecule is CCCCc1cnc(C2CCC(CC[C@H]3CC[C@H](CCCC)CC3)CC2)nc1. The van der Waals surface area contributed by atoms with E-state index in [2.05, 4.69) is 26.2 Å². The molecule has 158 valence electrons. The zero-order chi connectivity index (χ0) is 19.6. The van der Waals surface area contributed by atoms with Crippen molar-refractivity contribution in [3.05, 3.63) is 23.8 Å². The van der Waals surface area contributed by atoms with Gasteiger partial charge in [-0.1, -0.05) is 78.1 Å². The topological polar surface area (TPSA) is 25.8 Å². The predicted molar refractivity (Wildman–Crippen MR) is 120 cm³/mol. The fourth-order valence-corrected chi connectivity index (χ4v) is 5.57. The average Bonchev–Trinajstić information content (AvgIpc) is 2.76. The Morgan fingerprint density at radius 2 is 1.18 bits per heavy atom. The summed E-state index contributed by atoms with van der Waals surface area (Å²) >= 11 is 0. The fraction of sp³-hybridized carbons (Fsp3) is 0.846. The molecule has 28 heavy (non-hydrogen) atoms. The molecule has 0 spiro atoms. The largest absolute Gasteiger partial charge is 0.241 e. The lowest BCUT2D eigenvalue weighted by atomic mass is 9.75. The van der Waals surface area contributed by atoms with Crippen LogP contribution in [0.25, 0.3) is 0 Å². The van der Waals surface area contributed by atoms with Crippen LogP contribution in [0.4, 0.5) is 0 Å². The first-order valence-electron chi connectivity index (χ1n) is 12.6. The van der Waals surface area contributed by atoms with Crippen molar-refractivity contribution < 1.29 is 0 Å². The maximum absolute atomic E-state index is 4.72. The number of nitrogens with zero attached hydrogens (tertiary/aromatic N) is 2. The molecule has 2 heteroatoms. The predicted octanol–water partition coefficient (Wildman–Crippen LogP) is 7.87. The quantitative estimate of drug-likeness (QED) is 0.410. The van der Waals surface area contributed by atoms with Crippen LogP contribution >= 0.6 is 0 Å². The van der Waals surface area contributed by atoms with E-state index in [1.165, 1.54) is 102 Å². The number of hydrogen-bond donors (Lipinski definition) is 0. The van der Waals surface area contributed by atoms with Crippen molar-refractivity contribution in [1.29, 1.82) is 0 Å². The number of aromatic nitrogens is 2. The molecule has 1 aromatic rings. The van der Waals surface area contributed by atoms with Crippen LogP contribution in [0.15, 0.2) is 12.4 Å². The number of hydrogen-bond acceptors (Lipinski definition) is 2. The highest BCUT2D eigenvalue weighted by Gasteiger charge is 2.26. The van der Waals surface area contributed by atoms with Crippen molar-refractivity contribution in [1.82, 2.24) is 9.97 Å². The van der Waals surface area contributed by atoms with Crippen molar-refractivity contribution in [3.63, 3.8) is 0 Å². The summed E-state index contributed by atoms with van der Waals surface area (Å²) in [7, 11) is 0. The number of aryl methyl sites for hydroxylation is 1. The fourth-order valence-electron chi connectivity index (χ4n) is 5.57. The molecular formula is C26H44N2. The Morgan fingerprint density at radius 3 is 1.71 bits per heavy atom. The van der Waals surface area contributed by atoms with Crippen molar-refractivity contribution in [3.8, 4) is 0 Å². The third-order valence-corrected chi connectivity index (χ3v) is 7.67. The van der Waals surface area contributed by atoms with Crippen LogP contribution in [0.2, 0.25) is 0 Å². The average molecular weight is 385 g/mol. The van der Waals surface area contributed by atoms with Crippen LogP contribution in [0, 0.1) is 17.8 Å². The molecule has 0 radical (unpaired) electrons. The summed E-state index contributed by atoms with van der Waals surface area (Å²) in [6.45, 7) is 4.57. The minimum Gasteiger partial charge on any atom is -0.241 e. The van der Waals surface area contributed by atoms with Crippen molar-refractivity contribution in [2.75, 3.05) is 0 Å². The van der Waals surface area contributed by atoms with E-state index >= 15 is 0 Å². The lowest BCUT2D eigenvalue weighted by Crippen LogP contribution is -2.18. The highest BCUT2D eigenvalue weighted by molar-refractivity contribution is 5.08. The van der Waals surface area contributed by atoms with Gasteiger partial charge in [-0.25, -0.2) is 9.97 Å². The second-order valence-corrected chi connectivity index (χ2v) is 9.88. The minimum atomic E-state index is 0.616. The summed E-state index contributed by atoms with van der Waals surface area (Å²) in [5.41, 5.74) is 1.31. The van der Waals surface area contributed by atoms with Crippen LogP contribution in [-0.2, 0) is 6.42 Å². The van der Waals surface area contributed by atoms with Crippen molar-refractivity contribution in [2.45, 2.75) is 122 Å². The molecule has 1 heterocycles. The van der Waals surface area contributed by atoms with Gasteiger partial charge in [-0.3, -0.25) is 0 Å². The second-order valence-electron chi connectivity index (χ2n) is 9.88. The molecule has 1 aromatic heterocycles. The van der Waals surface area contributed by atoms with Gasteiger partial charge in [0, 0.05) is 18.3 Å². The van der Waals surface area contributed by atoms with Gasteiger partial charge < -0.3 is 0 Å². The molecule has 2 fully saturated rings. The van der Waals surface area contributed by atoms with E-state index in [0.29, 0.717) is 5.92 Å². The monoisotopic (exact) mass is 384 g/mol. The molecule has 2 aliphatic rings. The normalized spacial score (nSPS) is 28.4. The zero-order valence-corrected chi connectivity index (χ0v) is 18.7. The van der Waals surface area contributed by atoms with Crippen LogP contribution in [0.3, 0.4) is 0 Å². The lowest BCUT2D eigenvalue weighted by molar-refractivity contribution is 0.222. The molecule has 3 rings (SSSR count). The number of unbranched alkanes of at least 4 members (excludes halogenated alkanes) is 2. The first-order valence-corrected chi connectivity index (χ1v) is 12.6. The third kappa shape index (κ3) is 6.85. The molecule has 0 N–H and O–H groups in total. The molecule has 0 amide bonds. The van der Waals surface area contributed by atoms with Gasteiger partial charge in [0.2, 0.25) is 0 Å². The second kappa shape index (κ2) is 11.9. The van der Waals surface area contributed by atoms with Crippen LogP contribution in [-0.4, -0.2) is 9.97 Å². The van der Waals surface area contributed by atoms with Gasteiger partial charge in [-0.2, -0.15) is 0 Å². The van der Waals surface area contributed by atoms with E-state index in [0.717, 1.165) is 30.0 Å². The highest BCUT2D eigenvalue weighted by atomic mass is 14.9. The van der Waals surface area contributed by atoms with Crippen LogP contribution < -0.4 is 0 Å². The van der Waals surface area contributed by atoms with Gasteiger partial charge in [0.15, 0.2) is 0 Å². The minimum absolute atomic E-state index is 0.616. The van der Waals surface area contributed by atoms with E-state index in [4.69, 9.17) is 9.97 Å². The van der Waals surface area contributed by atoms with Gasteiger partial charge in [0.05, 0.1) is 0 Å². The van der Waals surface area contributed by atoms with E-state index in [1.54, 1.807) is 0 Å². The first-order chi connectivity index (χ1) is 13.8. The Labute approximate surface area is 174 Å². The smallest absolute Gasteiger partial charge is 0.131 e. The molecule has 2 nitrogen and oxygen atoms in total. The Kier molecular flexibility index (Phi) is 9.28. The first kappa shape index (κ1) is 21.8. The Bertz CT molecular complexity index is 522. The van der Waals surface area contributed by atoms with Gasteiger partial charge in [0.25, 0.3) is 0 Å². The summed E-state index contributed by atoms with van der Waals surface area (Å²) in [5, 5.41) is 0. The Balaban J connectivity index is 1.32. The summed E-state index contributed by atoms with van der Waals surface area (Å²) in [4.78, 5) is 9.43.